The Balaban J connectivity index is 2.07. The highest BCUT2D eigenvalue weighted by Gasteiger charge is 2.67. The van der Waals surface area contributed by atoms with Crippen LogP contribution in [0.5, 0.6) is 0 Å². The molecular formula is C18H30O2. The lowest BCUT2D eigenvalue weighted by Crippen LogP contribution is -2.62. The van der Waals surface area contributed by atoms with Gasteiger partial charge in [-0.05, 0) is 67.1 Å². The smallest absolute Gasteiger partial charge is 0.311 e. The Morgan fingerprint density at radius 3 is 1.85 bits per heavy atom. The fourth-order valence-electron chi connectivity index (χ4n) is 6.32. The number of carbonyl (C=O) groups excluding carboxylic acids is 1. The Hall–Kier alpha value is -0.530. The molecule has 0 N–H and O–H groups in total. The SMILES string of the molecule is COC(=O)C12CC3C[C@](C(C)C)(C1)C[C@@](C(C)C)(C3)C2. The Bertz CT molecular complexity index is 399. The zero-order valence-electron chi connectivity index (χ0n) is 13.8. The fraction of sp³-hybridized carbons (Fsp3) is 0.944. The molecule has 4 atom stereocenters. The van der Waals surface area contributed by atoms with Crippen molar-refractivity contribution in [3.8, 4) is 0 Å². The summed E-state index contributed by atoms with van der Waals surface area (Å²) < 4.78 is 5.25. The first-order valence-electron chi connectivity index (χ1n) is 8.36. The summed E-state index contributed by atoms with van der Waals surface area (Å²) >= 11 is 0. The number of hydrogen-bond donors (Lipinski definition) is 0. The van der Waals surface area contributed by atoms with E-state index in [9.17, 15) is 4.79 Å². The van der Waals surface area contributed by atoms with Crippen LogP contribution in [-0.4, -0.2) is 13.1 Å². The molecule has 0 aromatic heterocycles. The van der Waals surface area contributed by atoms with Gasteiger partial charge in [-0.15, -0.1) is 0 Å². The molecule has 2 heteroatoms. The Labute approximate surface area is 123 Å². The zero-order valence-corrected chi connectivity index (χ0v) is 13.8. The third kappa shape index (κ3) is 1.72. The van der Waals surface area contributed by atoms with Crippen LogP contribution < -0.4 is 0 Å². The second-order valence-electron chi connectivity index (χ2n) is 8.81. The largest absolute Gasteiger partial charge is 0.469 e. The highest BCUT2D eigenvalue weighted by atomic mass is 16.5. The monoisotopic (exact) mass is 278 g/mol. The summed E-state index contributed by atoms with van der Waals surface area (Å²) in [5.74, 6) is 2.17. The number of esters is 1. The van der Waals surface area contributed by atoms with Crippen LogP contribution in [0.3, 0.4) is 0 Å². The lowest BCUT2D eigenvalue weighted by molar-refractivity contribution is -0.209. The average molecular weight is 278 g/mol. The van der Waals surface area contributed by atoms with Gasteiger partial charge in [-0.2, -0.15) is 0 Å². The summed E-state index contributed by atoms with van der Waals surface area (Å²) in [6.45, 7) is 9.47. The Morgan fingerprint density at radius 1 is 0.950 bits per heavy atom. The third-order valence-corrected chi connectivity index (χ3v) is 7.22. The number of rotatable bonds is 3. The molecule has 2 unspecified atom stereocenters. The number of ether oxygens (including phenoxy) is 1. The quantitative estimate of drug-likeness (QED) is 0.714. The highest BCUT2D eigenvalue weighted by molar-refractivity contribution is 5.77. The van der Waals surface area contributed by atoms with Crippen LogP contribution in [0.4, 0.5) is 0 Å². The maximum absolute atomic E-state index is 12.6. The van der Waals surface area contributed by atoms with E-state index in [2.05, 4.69) is 27.7 Å². The predicted octanol–water partition coefficient (Wildman–Crippen LogP) is 4.43. The lowest BCUT2D eigenvalue weighted by Gasteiger charge is -2.68. The number of methoxy groups -OCH3 is 1. The van der Waals surface area contributed by atoms with Crippen molar-refractivity contribution in [3.05, 3.63) is 0 Å². The molecule has 4 saturated carbocycles. The van der Waals surface area contributed by atoms with Gasteiger partial charge in [0.15, 0.2) is 0 Å². The molecule has 2 nitrogen and oxygen atoms in total. The maximum Gasteiger partial charge on any atom is 0.311 e. The minimum atomic E-state index is -0.164. The first-order chi connectivity index (χ1) is 9.27. The molecule has 0 amide bonds. The predicted molar refractivity (Wildman–Crippen MR) is 80.2 cm³/mol. The van der Waals surface area contributed by atoms with E-state index in [1.54, 1.807) is 7.11 Å². The van der Waals surface area contributed by atoms with E-state index in [4.69, 9.17) is 4.74 Å². The van der Waals surface area contributed by atoms with Gasteiger partial charge in [0.2, 0.25) is 0 Å². The molecule has 4 bridgehead atoms. The average Bonchev–Trinajstić information content (AvgIpc) is 2.36. The minimum Gasteiger partial charge on any atom is -0.469 e. The third-order valence-electron chi connectivity index (χ3n) is 7.22. The minimum absolute atomic E-state index is 0.0802. The second-order valence-corrected chi connectivity index (χ2v) is 8.81. The second kappa shape index (κ2) is 4.24. The molecular weight excluding hydrogens is 248 g/mol. The topological polar surface area (TPSA) is 26.3 Å². The van der Waals surface area contributed by atoms with E-state index >= 15 is 0 Å². The summed E-state index contributed by atoms with van der Waals surface area (Å²) in [6, 6.07) is 0. The highest BCUT2D eigenvalue weighted by Crippen LogP contribution is 2.73. The molecule has 0 radical (unpaired) electrons. The zero-order chi connectivity index (χ0) is 14.8. The molecule has 4 rings (SSSR count). The first-order valence-corrected chi connectivity index (χ1v) is 8.36. The summed E-state index contributed by atoms with van der Waals surface area (Å²) in [4.78, 5) is 12.6. The van der Waals surface area contributed by atoms with Crippen LogP contribution in [0.1, 0.15) is 66.2 Å². The van der Waals surface area contributed by atoms with Crippen molar-refractivity contribution >= 4 is 5.97 Å². The van der Waals surface area contributed by atoms with Gasteiger partial charge in [-0.3, -0.25) is 4.79 Å². The molecule has 0 saturated heterocycles. The van der Waals surface area contributed by atoms with Crippen LogP contribution in [-0.2, 0) is 9.53 Å². The normalized spacial score (nSPS) is 46.2. The van der Waals surface area contributed by atoms with Crippen molar-refractivity contribution in [2.24, 2.45) is 34.0 Å². The van der Waals surface area contributed by atoms with E-state index in [1.165, 1.54) is 19.3 Å². The molecule has 0 heterocycles. The summed E-state index contributed by atoms with van der Waals surface area (Å²) in [6.07, 6.45) is 7.27. The molecule has 4 fully saturated rings. The van der Waals surface area contributed by atoms with Crippen molar-refractivity contribution in [2.75, 3.05) is 7.11 Å². The molecule has 0 spiro atoms. The van der Waals surface area contributed by atoms with Crippen molar-refractivity contribution in [3.63, 3.8) is 0 Å². The van der Waals surface area contributed by atoms with E-state index in [0.29, 0.717) is 22.7 Å². The van der Waals surface area contributed by atoms with Crippen LogP contribution >= 0.6 is 0 Å². The van der Waals surface area contributed by atoms with Gasteiger partial charge in [-0.25, -0.2) is 0 Å². The Morgan fingerprint density at radius 2 is 1.45 bits per heavy atom. The standard InChI is InChI=1S/C18H30O2/c1-12(2)16-6-14-7-17(9-16,13(3)4)11-18(8-14,10-16)15(19)20-5/h12-14H,6-11H2,1-5H3/t14?,16-,17+,18?. The fourth-order valence-corrected chi connectivity index (χ4v) is 6.32. The van der Waals surface area contributed by atoms with Crippen LogP contribution in [0.2, 0.25) is 0 Å². The van der Waals surface area contributed by atoms with Gasteiger partial charge in [-0.1, -0.05) is 27.7 Å². The van der Waals surface area contributed by atoms with Crippen LogP contribution in [0.25, 0.3) is 0 Å². The summed E-state index contributed by atoms with van der Waals surface area (Å²) in [5.41, 5.74) is 0.610. The van der Waals surface area contributed by atoms with Crippen LogP contribution in [0.15, 0.2) is 0 Å². The maximum atomic E-state index is 12.6. The molecule has 0 aromatic rings. The van der Waals surface area contributed by atoms with Gasteiger partial charge in [0, 0.05) is 0 Å². The Kier molecular flexibility index (Phi) is 3.05. The van der Waals surface area contributed by atoms with E-state index in [0.717, 1.165) is 25.2 Å². The van der Waals surface area contributed by atoms with Crippen molar-refractivity contribution in [2.45, 2.75) is 66.2 Å². The molecule has 4 aliphatic rings. The summed E-state index contributed by atoms with van der Waals surface area (Å²) in [5, 5.41) is 0. The van der Waals surface area contributed by atoms with Crippen LogP contribution in [0, 0.1) is 34.0 Å². The van der Waals surface area contributed by atoms with Gasteiger partial charge in [0.1, 0.15) is 0 Å². The van der Waals surface area contributed by atoms with E-state index < -0.39 is 0 Å². The molecule has 0 aromatic carbocycles. The van der Waals surface area contributed by atoms with Gasteiger partial charge >= 0.3 is 5.97 Å². The molecule has 4 aliphatic carbocycles. The number of carbonyl (C=O) groups is 1. The van der Waals surface area contributed by atoms with E-state index in [-0.39, 0.29) is 11.4 Å². The van der Waals surface area contributed by atoms with Gasteiger partial charge in [0.25, 0.3) is 0 Å². The number of hydrogen-bond acceptors (Lipinski definition) is 2. The van der Waals surface area contributed by atoms with Crippen molar-refractivity contribution < 1.29 is 9.53 Å². The lowest BCUT2D eigenvalue weighted by atomic mass is 9.36. The van der Waals surface area contributed by atoms with Crippen molar-refractivity contribution in [1.82, 2.24) is 0 Å². The molecule has 114 valence electrons. The summed E-state index contributed by atoms with van der Waals surface area (Å²) in [7, 11) is 1.57. The van der Waals surface area contributed by atoms with Crippen molar-refractivity contribution in [1.29, 1.82) is 0 Å². The molecule has 0 aliphatic heterocycles. The van der Waals surface area contributed by atoms with E-state index in [1.807, 2.05) is 0 Å². The van der Waals surface area contributed by atoms with Gasteiger partial charge in [0.05, 0.1) is 12.5 Å². The first kappa shape index (κ1) is 14.4. The molecule has 20 heavy (non-hydrogen) atoms. The van der Waals surface area contributed by atoms with Gasteiger partial charge < -0.3 is 4.74 Å².